The van der Waals surface area contributed by atoms with Gasteiger partial charge in [-0.1, -0.05) is 0 Å². The van der Waals surface area contributed by atoms with E-state index in [0.29, 0.717) is 11.3 Å². The number of aliphatic hydroxyl groups excluding tert-OH is 1. The van der Waals surface area contributed by atoms with Gasteiger partial charge in [0.2, 0.25) is 5.78 Å². The summed E-state index contributed by atoms with van der Waals surface area (Å²) in [6, 6.07) is 5.46. The zero-order valence-electron chi connectivity index (χ0n) is 6.57. The van der Waals surface area contributed by atoms with Gasteiger partial charge in [-0.2, -0.15) is 0 Å². The Labute approximate surface area is 88.6 Å². The lowest BCUT2D eigenvalue weighted by molar-refractivity contribution is -0.120. The molecule has 0 aromatic heterocycles. The molecule has 13 heavy (non-hydrogen) atoms. The Morgan fingerprint density at radius 2 is 2.23 bits per heavy atom. The maximum atomic E-state index is 11.1. The monoisotopic (exact) mass is 287 g/mol. The van der Waals surface area contributed by atoms with Crippen molar-refractivity contribution >= 4 is 40.3 Å². The number of benzene rings is 1. The molecule has 1 N–H and O–H groups in total. The van der Waals surface area contributed by atoms with Crippen molar-refractivity contribution in [3.05, 3.63) is 27.3 Å². The number of Topliss-reactive ketones (excluding diaryl/α,β-unsaturated/α-hetero) is 1. The molecular formula is C9H6INO2. The smallest absolute Gasteiger partial charge is 0.206 e. The van der Waals surface area contributed by atoms with Gasteiger partial charge in [0.15, 0.2) is 0 Å². The Kier molecular flexibility index (Phi) is 2.17. The number of fused-ring (bicyclic) bond motifs is 1. The molecule has 0 radical (unpaired) electrons. The van der Waals surface area contributed by atoms with E-state index in [2.05, 4.69) is 27.6 Å². The van der Waals surface area contributed by atoms with Gasteiger partial charge in [0.05, 0.1) is 11.9 Å². The summed E-state index contributed by atoms with van der Waals surface area (Å²) < 4.78 is 0.986. The Balaban J connectivity index is 2.60. The first-order chi connectivity index (χ1) is 6.18. The van der Waals surface area contributed by atoms with E-state index in [4.69, 9.17) is 0 Å². The Hall–Kier alpha value is -0.750. The second-order valence-corrected chi connectivity index (χ2v) is 4.01. The van der Waals surface area contributed by atoms with Crippen LogP contribution < -0.4 is 0 Å². The van der Waals surface area contributed by atoms with Crippen molar-refractivity contribution in [1.82, 2.24) is 0 Å². The van der Waals surface area contributed by atoms with E-state index in [1.807, 2.05) is 6.07 Å². The largest absolute Gasteiger partial charge is 0.380 e. The minimum atomic E-state index is -1.04. The van der Waals surface area contributed by atoms with Crippen LogP contribution in [-0.4, -0.2) is 17.1 Å². The lowest BCUT2D eigenvalue weighted by Gasteiger charge is -2.14. The molecule has 66 valence electrons. The van der Waals surface area contributed by atoms with E-state index < -0.39 is 6.10 Å². The van der Waals surface area contributed by atoms with Gasteiger partial charge in [-0.3, -0.25) is 9.79 Å². The van der Waals surface area contributed by atoms with Crippen LogP contribution in [0.25, 0.3) is 0 Å². The third kappa shape index (κ3) is 1.51. The molecule has 1 aromatic carbocycles. The van der Waals surface area contributed by atoms with Gasteiger partial charge < -0.3 is 5.11 Å². The van der Waals surface area contributed by atoms with Crippen LogP contribution in [0.4, 0.5) is 5.69 Å². The molecule has 0 saturated heterocycles. The number of carbonyl (C=O) groups is 1. The zero-order valence-corrected chi connectivity index (χ0v) is 8.72. The number of aliphatic imine (C=N–C) groups is 1. The molecular weight excluding hydrogens is 281 g/mol. The second kappa shape index (κ2) is 3.19. The van der Waals surface area contributed by atoms with Crippen LogP contribution in [0.1, 0.15) is 11.7 Å². The fourth-order valence-corrected chi connectivity index (χ4v) is 1.73. The van der Waals surface area contributed by atoms with E-state index in [-0.39, 0.29) is 5.78 Å². The standard InChI is InChI=1S/C9H6INO2/c10-5-1-2-7-6(3-5)9(13)8(12)4-11-7/h1-4,9,13H. The highest BCUT2D eigenvalue weighted by molar-refractivity contribution is 14.1. The summed E-state index contributed by atoms with van der Waals surface area (Å²) in [7, 11) is 0. The quantitative estimate of drug-likeness (QED) is 0.737. The first kappa shape index (κ1) is 8.83. The van der Waals surface area contributed by atoms with Crippen LogP contribution in [0, 0.1) is 3.57 Å². The third-order valence-electron chi connectivity index (χ3n) is 1.88. The molecule has 1 heterocycles. The Morgan fingerprint density at radius 1 is 1.46 bits per heavy atom. The predicted octanol–water partition coefficient (Wildman–Crippen LogP) is 1.61. The van der Waals surface area contributed by atoms with Gasteiger partial charge in [0.25, 0.3) is 0 Å². The van der Waals surface area contributed by atoms with Crippen LogP contribution >= 0.6 is 22.6 Å². The SMILES string of the molecule is O=C1C=Nc2ccc(I)cc2C1O. The van der Waals surface area contributed by atoms with Crippen LogP contribution in [0.3, 0.4) is 0 Å². The summed E-state index contributed by atoms with van der Waals surface area (Å²) in [5.74, 6) is -0.352. The first-order valence-corrected chi connectivity index (χ1v) is 4.82. The molecule has 0 bridgehead atoms. The van der Waals surface area contributed by atoms with Crippen molar-refractivity contribution < 1.29 is 9.90 Å². The number of rotatable bonds is 0. The minimum Gasteiger partial charge on any atom is -0.380 e. The number of nitrogens with zero attached hydrogens (tertiary/aromatic N) is 1. The zero-order chi connectivity index (χ0) is 9.42. The van der Waals surface area contributed by atoms with Gasteiger partial charge in [-0.05, 0) is 40.8 Å². The van der Waals surface area contributed by atoms with E-state index >= 15 is 0 Å². The Bertz CT molecular complexity index is 401. The van der Waals surface area contributed by atoms with Gasteiger partial charge in [0.1, 0.15) is 6.10 Å². The first-order valence-electron chi connectivity index (χ1n) is 3.74. The molecule has 0 spiro atoms. The summed E-state index contributed by atoms with van der Waals surface area (Å²) in [6.45, 7) is 0. The number of halogens is 1. The van der Waals surface area contributed by atoms with Crippen LogP contribution in [0.2, 0.25) is 0 Å². The maximum Gasteiger partial charge on any atom is 0.206 e. The van der Waals surface area contributed by atoms with Crippen molar-refractivity contribution in [2.75, 3.05) is 0 Å². The minimum absolute atomic E-state index is 0.352. The molecule has 1 aromatic rings. The van der Waals surface area contributed by atoms with Gasteiger partial charge in [-0.15, -0.1) is 0 Å². The molecule has 1 unspecified atom stereocenters. The summed E-state index contributed by atoms with van der Waals surface area (Å²) in [6.07, 6.45) is 0.127. The van der Waals surface area contributed by atoms with Gasteiger partial charge >= 0.3 is 0 Å². The number of hydrogen-bond donors (Lipinski definition) is 1. The normalized spacial score (nSPS) is 20.2. The molecule has 4 heteroatoms. The molecule has 1 aliphatic rings. The lowest BCUT2D eigenvalue weighted by Crippen LogP contribution is -2.16. The highest BCUT2D eigenvalue weighted by atomic mass is 127. The highest BCUT2D eigenvalue weighted by Gasteiger charge is 2.22. The molecule has 0 aliphatic carbocycles. The molecule has 0 amide bonds. The summed E-state index contributed by atoms with van der Waals surface area (Å²) in [5, 5.41) is 9.51. The number of carbonyl (C=O) groups excluding carboxylic acids is 1. The van der Waals surface area contributed by atoms with E-state index in [9.17, 15) is 9.90 Å². The fourth-order valence-electron chi connectivity index (χ4n) is 1.22. The van der Waals surface area contributed by atoms with E-state index in [0.717, 1.165) is 3.57 Å². The van der Waals surface area contributed by atoms with E-state index in [1.165, 1.54) is 6.21 Å². The second-order valence-electron chi connectivity index (χ2n) is 2.77. The van der Waals surface area contributed by atoms with Crippen molar-refractivity contribution in [2.24, 2.45) is 4.99 Å². The molecule has 0 fully saturated rings. The number of ketones is 1. The molecule has 1 aliphatic heterocycles. The summed E-state index contributed by atoms with van der Waals surface area (Å²) in [5.41, 5.74) is 1.27. The van der Waals surface area contributed by atoms with Gasteiger partial charge in [-0.25, -0.2) is 0 Å². The van der Waals surface area contributed by atoms with E-state index in [1.54, 1.807) is 12.1 Å². The van der Waals surface area contributed by atoms with Gasteiger partial charge in [0, 0.05) is 9.13 Å². The summed E-state index contributed by atoms with van der Waals surface area (Å²) in [4.78, 5) is 15.0. The van der Waals surface area contributed by atoms with Crippen molar-refractivity contribution in [3.8, 4) is 0 Å². The maximum absolute atomic E-state index is 11.1. The highest BCUT2D eigenvalue weighted by Crippen LogP contribution is 2.30. The molecule has 1 atom stereocenters. The number of hydrogen-bond acceptors (Lipinski definition) is 3. The van der Waals surface area contributed by atoms with Crippen molar-refractivity contribution in [2.45, 2.75) is 6.10 Å². The third-order valence-corrected chi connectivity index (χ3v) is 2.56. The molecule has 2 rings (SSSR count). The molecule has 0 saturated carbocycles. The molecule has 3 nitrogen and oxygen atoms in total. The van der Waals surface area contributed by atoms with Crippen LogP contribution in [0.15, 0.2) is 23.2 Å². The van der Waals surface area contributed by atoms with Crippen molar-refractivity contribution in [1.29, 1.82) is 0 Å². The summed E-state index contributed by atoms with van der Waals surface area (Å²) >= 11 is 2.13. The topological polar surface area (TPSA) is 49.7 Å². The van der Waals surface area contributed by atoms with Crippen LogP contribution in [-0.2, 0) is 4.79 Å². The van der Waals surface area contributed by atoms with Crippen molar-refractivity contribution in [3.63, 3.8) is 0 Å². The number of aliphatic hydroxyl groups is 1. The average Bonchev–Trinajstić information content (AvgIpc) is 2.12. The fraction of sp³-hybridized carbons (Fsp3) is 0.111. The predicted molar refractivity (Wildman–Crippen MR) is 57.3 cm³/mol. The average molecular weight is 287 g/mol. The van der Waals surface area contributed by atoms with Crippen LogP contribution in [0.5, 0.6) is 0 Å². The lowest BCUT2D eigenvalue weighted by atomic mass is 10.0. The Morgan fingerprint density at radius 3 is 3.00 bits per heavy atom.